The van der Waals surface area contributed by atoms with E-state index in [0.29, 0.717) is 0 Å². The molecule has 1 aromatic heterocycles. The average Bonchev–Trinajstić information content (AvgIpc) is 2.44. The summed E-state index contributed by atoms with van der Waals surface area (Å²) in [6.45, 7) is 4.81. The van der Waals surface area contributed by atoms with Crippen LogP contribution in [-0.4, -0.2) is 9.78 Å². The second kappa shape index (κ2) is 1.97. The molecule has 0 amide bonds. The van der Waals surface area contributed by atoms with Crippen LogP contribution in [0.15, 0.2) is 12.8 Å². The highest BCUT2D eigenvalue weighted by atomic mass is 15.3. The predicted octanol–water partition coefficient (Wildman–Crippen LogP) is 1.47. The van der Waals surface area contributed by atoms with Crippen LogP contribution >= 0.6 is 0 Å². The molecule has 0 bridgehead atoms. The molecule has 0 aromatic carbocycles. The first kappa shape index (κ1) is 5.71. The van der Waals surface area contributed by atoms with Gasteiger partial charge in [0.25, 0.3) is 0 Å². The Kier molecular flexibility index (Phi) is 1.13. The summed E-state index contributed by atoms with van der Waals surface area (Å²) in [6.07, 6.45) is 6.18. The standard InChI is InChI=1S/C8H10N2/c1-2-7-6-9-10-5-3-4-8(7)10/h2,6H,1,3-5H2. The fraction of sp³-hybridized carbons (Fsp3) is 0.375. The Labute approximate surface area is 60.2 Å². The van der Waals surface area contributed by atoms with Crippen LogP contribution < -0.4 is 0 Å². The summed E-state index contributed by atoms with van der Waals surface area (Å²) in [7, 11) is 0. The van der Waals surface area contributed by atoms with Crippen molar-refractivity contribution in [3.8, 4) is 0 Å². The number of hydrogen-bond donors (Lipinski definition) is 0. The molecule has 0 aliphatic carbocycles. The van der Waals surface area contributed by atoms with Crippen molar-refractivity contribution in [1.29, 1.82) is 0 Å². The quantitative estimate of drug-likeness (QED) is 0.568. The highest BCUT2D eigenvalue weighted by Gasteiger charge is 2.13. The van der Waals surface area contributed by atoms with Crippen LogP contribution in [-0.2, 0) is 13.0 Å². The Morgan fingerprint density at radius 1 is 1.70 bits per heavy atom. The molecule has 2 heteroatoms. The summed E-state index contributed by atoms with van der Waals surface area (Å²) in [5, 5.41) is 4.21. The molecule has 2 nitrogen and oxygen atoms in total. The summed E-state index contributed by atoms with van der Waals surface area (Å²) in [5.41, 5.74) is 2.56. The third kappa shape index (κ3) is 0.618. The second-order valence-electron chi connectivity index (χ2n) is 2.58. The summed E-state index contributed by atoms with van der Waals surface area (Å²) >= 11 is 0. The first-order valence-electron chi connectivity index (χ1n) is 3.59. The highest BCUT2D eigenvalue weighted by Crippen LogP contribution is 2.18. The van der Waals surface area contributed by atoms with Gasteiger partial charge in [-0.25, -0.2) is 0 Å². The van der Waals surface area contributed by atoms with Crippen LogP contribution in [0.1, 0.15) is 17.7 Å². The minimum absolute atomic E-state index is 1.09. The highest BCUT2D eigenvalue weighted by molar-refractivity contribution is 5.49. The van der Waals surface area contributed by atoms with Crippen LogP contribution in [0.3, 0.4) is 0 Å². The van der Waals surface area contributed by atoms with Crippen molar-refractivity contribution >= 4 is 6.08 Å². The Bertz CT molecular complexity index is 260. The zero-order valence-corrected chi connectivity index (χ0v) is 5.88. The molecule has 0 saturated heterocycles. The average molecular weight is 134 g/mol. The van der Waals surface area contributed by atoms with Gasteiger partial charge in [0, 0.05) is 17.8 Å². The second-order valence-corrected chi connectivity index (χ2v) is 2.58. The fourth-order valence-corrected chi connectivity index (χ4v) is 1.46. The molecule has 0 saturated carbocycles. The van der Waals surface area contributed by atoms with Gasteiger partial charge in [-0.3, -0.25) is 4.68 Å². The van der Waals surface area contributed by atoms with E-state index >= 15 is 0 Å². The topological polar surface area (TPSA) is 17.8 Å². The van der Waals surface area contributed by atoms with E-state index in [1.807, 2.05) is 12.3 Å². The van der Waals surface area contributed by atoms with E-state index < -0.39 is 0 Å². The maximum absolute atomic E-state index is 4.21. The van der Waals surface area contributed by atoms with Crippen LogP contribution in [0.2, 0.25) is 0 Å². The number of nitrogens with zero attached hydrogens (tertiary/aromatic N) is 2. The Hall–Kier alpha value is -1.05. The van der Waals surface area contributed by atoms with Gasteiger partial charge in [-0.1, -0.05) is 12.7 Å². The number of aromatic nitrogens is 2. The number of hydrogen-bond acceptors (Lipinski definition) is 1. The molecular weight excluding hydrogens is 124 g/mol. The van der Waals surface area contributed by atoms with Crippen molar-refractivity contribution < 1.29 is 0 Å². The van der Waals surface area contributed by atoms with Crippen LogP contribution in [0, 0.1) is 0 Å². The molecule has 2 rings (SSSR count). The van der Waals surface area contributed by atoms with Gasteiger partial charge < -0.3 is 0 Å². The predicted molar refractivity (Wildman–Crippen MR) is 40.6 cm³/mol. The van der Waals surface area contributed by atoms with E-state index in [2.05, 4.69) is 16.4 Å². The van der Waals surface area contributed by atoms with Crippen molar-refractivity contribution in [1.82, 2.24) is 9.78 Å². The lowest BCUT2D eigenvalue weighted by atomic mass is 10.2. The van der Waals surface area contributed by atoms with E-state index in [0.717, 1.165) is 6.54 Å². The molecule has 2 heterocycles. The minimum Gasteiger partial charge on any atom is -0.269 e. The fourth-order valence-electron chi connectivity index (χ4n) is 1.46. The molecule has 10 heavy (non-hydrogen) atoms. The smallest absolute Gasteiger partial charge is 0.0564 e. The third-order valence-corrected chi connectivity index (χ3v) is 1.98. The summed E-state index contributed by atoms with van der Waals surface area (Å²) < 4.78 is 2.07. The van der Waals surface area contributed by atoms with Gasteiger partial charge in [0.05, 0.1) is 6.20 Å². The maximum atomic E-state index is 4.21. The van der Waals surface area contributed by atoms with Crippen molar-refractivity contribution in [2.75, 3.05) is 0 Å². The monoisotopic (exact) mass is 134 g/mol. The molecule has 0 radical (unpaired) electrons. The molecule has 0 N–H and O–H groups in total. The molecule has 1 aliphatic rings. The molecule has 1 aromatic rings. The summed E-state index contributed by atoms with van der Waals surface area (Å²) in [5.74, 6) is 0. The SMILES string of the molecule is C=Cc1cnn2c1CCC2. The van der Waals surface area contributed by atoms with Gasteiger partial charge in [-0.15, -0.1) is 0 Å². The van der Waals surface area contributed by atoms with E-state index in [-0.39, 0.29) is 0 Å². The maximum Gasteiger partial charge on any atom is 0.0564 e. The van der Waals surface area contributed by atoms with Crippen LogP contribution in [0.5, 0.6) is 0 Å². The Balaban J connectivity index is 2.53. The molecule has 0 spiro atoms. The lowest BCUT2D eigenvalue weighted by Gasteiger charge is -1.91. The number of fused-ring (bicyclic) bond motifs is 1. The largest absolute Gasteiger partial charge is 0.269 e. The zero-order valence-electron chi connectivity index (χ0n) is 5.88. The molecular formula is C8H10N2. The minimum atomic E-state index is 1.09. The summed E-state index contributed by atoms with van der Waals surface area (Å²) in [4.78, 5) is 0. The molecule has 0 atom stereocenters. The van der Waals surface area contributed by atoms with Gasteiger partial charge >= 0.3 is 0 Å². The molecule has 52 valence electrons. The van der Waals surface area contributed by atoms with E-state index in [9.17, 15) is 0 Å². The van der Waals surface area contributed by atoms with E-state index in [1.165, 1.54) is 24.1 Å². The van der Waals surface area contributed by atoms with Crippen molar-refractivity contribution in [2.24, 2.45) is 0 Å². The van der Waals surface area contributed by atoms with E-state index in [1.54, 1.807) is 0 Å². The first-order valence-corrected chi connectivity index (χ1v) is 3.59. The molecule has 0 unspecified atom stereocenters. The van der Waals surface area contributed by atoms with Crippen molar-refractivity contribution in [2.45, 2.75) is 19.4 Å². The van der Waals surface area contributed by atoms with Gasteiger partial charge in [0.1, 0.15) is 0 Å². The van der Waals surface area contributed by atoms with Gasteiger partial charge in [-0.2, -0.15) is 5.10 Å². The molecule has 1 aliphatic heterocycles. The van der Waals surface area contributed by atoms with Crippen LogP contribution in [0.4, 0.5) is 0 Å². The van der Waals surface area contributed by atoms with Gasteiger partial charge in [0.2, 0.25) is 0 Å². The number of aryl methyl sites for hydroxylation is 1. The molecule has 0 fully saturated rings. The zero-order chi connectivity index (χ0) is 6.97. The Morgan fingerprint density at radius 3 is 3.40 bits per heavy atom. The van der Waals surface area contributed by atoms with Gasteiger partial charge in [-0.05, 0) is 12.8 Å². The normalized spacial score (nSPS) is 15.2. The lowest BCUT2D eigenvalue weighted by Crippen LogP contribution is -1.92. The van der Waals surface area contributed by atoms with Crippen molar-refractivity contribution in [3.05, 3.63) is 24.0 Å². The Morgan fingerprint density at radius 2 is 2.60 bits per heavy atom. The lowest BCUT2D eigenvalue weighted by molar-refractivity contribution is 0.656. The third-order valence-electron chi connectivity index (χ3n) is 1.98. The van der Waals surface area contributed by atoms with E-state index in [4.69, 9.17) is 0 Å². The number of rotatable bonds is 1. The van der Waals surface area contributed by atoms with Crippen LogP contribution in [0.25, 0.3) is 6.08 Å². The van der Waals surface area contributed by atoms with Gasteiger partial charge in [0.15, 0.2) is 0 Å². The summed E-state index contributed by atoms with van der Waals surface area (Å²) in [6, 6.07) is 0. The van der Waals surface area contributed by atoms with Crippen molar-refractivity contribution in [3.63, 3.8) is 0 Å². The first-order chi connectivity index (χ1) is 4.92.